The smallest absolute Gasteiger partial charge is 0.210 e. The first-order valence-corrected chi connectivity index (χ1v) is 7.84. The van der Waals surface area contributed by atoms with Crippen molar-refractivity contribution in [3.8, 4) is 0 Å². The molecular formula is C18H22N2O2. The molecule has 1 heterocycles. The summed E-state index contributed by atoms with van der Waals surface area (Å²) in [7, 11) is 0. The Morgan fingerprint density at radius 2 is 1.50 bits per heavy atom. The first kappa shape index (κ1) is 15.0. The van der Waals surface area contributed by atoms with Crippen LogP contribution in [0.5, 0.6) is 0 Å². The van der Waals surface area contributed by atoms with E-state index in [1.54, 1.807) is 12.1 Å². The van der Waals surface area contributed by atoms with Gasteiger partial charge in [0.15, 0.2) is 5.78 Å². The van der Waals surface area contributed by atoms with Gasteiger partial charge in [-0.25, -0.2) is 0 Å². The van der Waals surface area contributed by atoms with Crippen LogP contribution in [-0.4, -0.2) is 46.7 Å². The average Bonchev–Trinajstić information content (AvgIpc) is 2.51. The van der Waals surface area contributed by atoms with E-state index in [1.807, 2.05) is 12.1 Å². The number of Topliss-reactive ketones (excluding diaryl/α,β-unsaturated/α-hetero) is 2. The number of nitrogens with zero attached hydrogens (tertiary/aromatic N) is 2. The van der Waals surface area contributed by atoms with Crippen molar-refractivity contribution in [2.75, 3.05) is 13.2 Å². The van der Waals surface area contributed by atoms with Gasteiger partial charge >= 0.3 is 0 Å². The molecule has 0 N–H and O–H groups in total. The Morgan fingerprint density at radius 3 is 2.05 bits per heavy atom. The molecule has 0 atom stereocenters. The van der Waals surface area contributed by atoms with Gasteiger partial charge in [0.2, 0.25) is 5.78 Å². The third kappa shape index (κ3) is 2.18. The molecule has 0 spiro atoms. The van der Waals surface area contributed by atoms with E-state index in [-0.39, 0.29) is 17.6 Å². The molecule has 2 aliphatic rings. The molecule has 1 aliphatic carbocycles. The maximum Gasteiger partial charge on any atom is 0.210 e. The van der Waals surface area contributed by atoms with Crippen molar-refractivity contribution in [2.45, 2.75) is 39.8 Å². The summed E-state index contributed by atoms with van der Waals surface area (Å²) in [5.41, 5.74) is 2.34. The van der Waals surface area contributed by atoms with Gasteiger partial charge in [-0.15, -0.1) is 0 Å². The minimum Gasteiger partial charge on any atom is -0.353 e. The first-order chi connectivity index (χ1) is 10.4. The molecule has 0 unspecified atom stereocenters. The van der Waals surface area contributed by atoms with Crippen molar-refractivity contribution in [2.24, 2.45) is 0 Å². The van der Waals surface area contributed by atoms with Crippen LogP contribution in [0.1, 0.15) is 48.4 Å². The number of benzene rings is 1. The minimum atomic E-state index is -0.0118. The molecule has 4 nitrogen and oxygen atoms in total. The van der Waals surface area contributed by atoms with Crippen LogP contribution in [-0.2, 0) is 0 Å². The van der Waals surface area contributed by atoms with Crippen molar-refractivity contribution in [1.29, 1.82) is 0 Å². The second-order valence-corrected chi connectivity index (χ2v) is 6.58. The lowest BCUT2D eigenvalue weighted by Gasteiger charge is -2.44. The molecule has 0 fully saturated rings. The van der Waals surface area contributed by atoms with Crippen LogP contribution in [0.4, 0.5) is 0 Å². The molecule has 1 aromatic rings. The molecule has 0 amide bonds. The van der Waals surface area contributed by atoms with E-state index < -0.39 is 0 Å². The SMILES string of the molecule is CC(C)N1CC2=C(C(=O)c3ccccc3C2=O)N(C(C)C)C1. The monoisotopic (exact) mass is 298 g/mol. The van der Waals surface area contributed by atoms with Crippen molar-refractivity contribution < 1.29 is 9.59 Å². The van der Waals surface area contributed by atoms with Gasteiger partial charge in [-0.05, 0) is 27.7 Å². The highest BCUT2D eigenvalue weighted by atomic mass is 16.1. The molecule has 0 aromatic heterocycles. The van der Waals surface area contributed by atoms with Crippen LogP contribution in [0.2, 0.25) is 0 Å². The van der Waals surface area contributed by atoms with Crippen LogP contribution in [0.3, 0.4) is 0 Å². The van der Waals surface area contributed by atoms with Crippen molar-refractivity contribution in [3.63, 3.8) is 0 Å². The van der Waals surface area contributed by atoms with E-state index in [4.69, 9.17) is 0 Å². The number of rotatable bonds is 2. The zero-order valence-corrected chi connectivity index (χ0v) is 13.6. The first-order valence-electron chi connectivity index (χ1n) is 7.84. The van der Waals surface area contributed by atoms with Crippen LogP contribution in [0, 0.1) is 0 Å². The van der Waals surface area contributed by atoms with Crippen molar-refractivity contribution >= 4 is 11.6 Å². The Hall–Kier alpha value is -1.94. The molecule has 0 saturated carbocycles. The Labute approximate surface area is 131 Å². The van der Waals surface area contributed by atoms with Gasteiger partial charge in [-0.3, -0.25) is 14.5 Å². The lowest BCUT2D eigenvalue weighted by Crippen LogP contribution is -2.52. The highest BCUT2D eigenvalue weighted by molar-refractivity contribution is 6.27. The minimum absolute atomic E-state index is 0.00111. The van der Waals surface area contributed by atoms with Crippen molar-refractivity contribution in [3.05, 3.63) is 46.7 Å². The summed E-state index contributed by atoms with van der Waals surface area (Å²) >= 11 is 0. The topological polar surface area (TPSA) is 40.6 Å². The van der Waals surface area contributed by atoms with E-state index in [1.165, 1.54) is 0 Å². The maximum atomic E-state index is 12.9. The molecule has 3 rings (SSSR count). The van der Waals surface area contributed by atoms with E-state index in [0.717, 1.165) is 0 Å². The number of ketones is 2. The number of carbonyl (C=O) groups excluding carboxylic acids is 2. The van der Waals surface area contributed by atoms with E-state index in [0.29, 0.717) is 41.7 Å². The molecule has 1 aliphatic heterocycles. The van der Waals surface area contributed by atoms with Gasteiger partial charge in [0.1, 0.15) is 0 Å². The highest BCUT2D eigenvalue weighted by Crippen LogP contribution is 2.33. The predicted molar refractivity (Wildman–Crippen MR) is 85.8 cm³/mol. The second-order valence-electron chi connectivity index (χ2n) is 6.58. The fourth-order valence-corrected chi connectivity index (χ4v) is 3.15. The maximum absolute atomic E-state index is 12.9. The number of carbonyl (C=O) groups is 2. The van der Waals surface area contributed by atoms with Gasteiger partial charge in [-0.2, -0.15) is 0 Å². The molecule has 0 saturated heterocycles. The number of fused-ring (bicyclic) bond motifs is 1. The van der Waals surface area contributed by atoms with Crippen LogP contribution in [0.15, 0.2) is 35.5 Å². The van der Waals surface area contributed by atoms with Crippen LogP contribution < -0.4 is 0 Å². The largest absolute Gasteiger partial charge is 0.353 e. The van der Waals surface area contributed by atoms with Gasteiger partial charge < -0.3 is 4.90 Å². The number of hydrogen-bond acceptors (Lipinski definition) is 4. The van der Waals surface area contributed by atoms with E-state index in [9.17, 15) is 9.59 Å². The average molecular weight is 298 g/mol. The Kier molecular flexibility index (Phi) is 3.65. The molecule has 22 heavy (non-hydrogen) atoms. The Bertz CT molecular complexity index is 673. The Morgan fingerprint density at radius 1 is 0.909 bits per heavy atom. The summed E-state index contributed by atoms with van der Waals surface area (Å²) in [6.45, 7) is 9.60. The number of allylic oxidation sites excluding steroid dienone is 1. The Balaban J connectivity index is 2.15. The third-order valence-corrected chi connectivity index (χ3v) is 4.53. The second kappa shape index (κ2) is 5.36. The summed E-state index contributed by atoms with van der Waals surface area (Å²) in [4.78, 5) is 30.1. The molecule has 0 bridgehead atoms. The van der Waals surface area contributed by atoms with E-state index in [2.05, 4.69) is 37.5 Å². The summed E-state index contributed by atoms with van der Waals surface area (Å²) in [5.74, 6) is -0.0106. The molecule has 1 aromatic carbocycles. The lowest BCUT2D eigenvalue weighted by molar-refractivity contribution is 0.0710. The standard InChI is InChI=1S/C18H22N2O2/c1-11(2)19-9-15-16(20(10-19)12(3)4)18(22)14-8-6-5-7-13(14)17(15)21/h5-8,11-12H,9-10H2,1-4H3. The summed E-state index contributed by atoms with van der Waals surface area (Å²) in [6, 6.07) is 7.65. The quantitative estimate of drug-likeness (QED) is 0.842. The normalized spacial score (nSPS) is 19.1. The van der Waals surface area contributed by atoms with Gasteiger partial charge in [0.05, 0.1) is 12.4 Å². The zero-order valence-electron chi connectivity index (χ0n) is 13.6. The van der Waals surface area contributed by atoms with Gasteiger partial charge in [0.25, 0.3) is 0 Å². The van der Waals surface area contributed by atoms with Crippen LogP contribution >= 0.6 is 0 Å². The summed E-state index contributed by atoms with van der Waals surface area (Å²) < 4.78 is 0. The highest BCUT2D eigenvalue weighted by Gasteiger charge is 2.39. The fraction of sp³-hybridized carbons (Fsp3) is 0.444. The van der Waals surface area contributed by atoms with Crippen LogP contribution in [0.25, 0.3) is 0 Å². The van der Waals surface area contributed by atoms with Gasteiger partial charge in [0, 0.05) is 35.3 Å². The predicted octanol–water partition coefficient (Wildman–Crippen LogP) is 2.71. The van der Waals surface area contributed by atoms with Gasteiger partial charge in [-0.1, -0.05) is 24.3 Å². The number of hydrogen-bond donors (Lipinski definition) is 0. The molecule has 4 heteroatoms. The zero-order chi connectivity index (χ0) is 16.0. The van der Waals surface area contributed by atoms with Crippen molar-refractivity contribution in [1.82, 2.24) is 9.80 Å². The molecule has 0 radical (unpaired) electrons. The molecular weight excluding hydrogens is 276 g/mol. The lowest BCUT2D eigenvalue weighted by atomic mass is 9.85. The fourth-order valence-electron chi connectivity index (χ4n) is 3.15. The third-order valence-electron chi connectivity index (χ3n) is 4.53. The summed E-state index contributed by atoms with van der Waals surface area (Å²) in [6.07, 6.45) is 0. The molecule has 116 valence electrons. The van der Waals surface area contributed by atoms with E-state index >= 15 is 0 Å². The summed E-state index contributed by atoms with van der Waals surface area (Å²) in [5, 5.41) is 0.